The highest BCUT2D eigenvalue weighted by Gasteiger charge is 2.07. The van der Waals surface area contributed by atoms with E-state index in [2.05, 4.69) is 20.1 Å². The Bertz CT molecular complexity index is 356. The van der Waals surface area contributed by atoms with Crippen LogP contribution >= 0.6 is 21.6 Å². The molecular weight excluding hydrogens is 332 g/mol. The van der Waals surface area contributed by atoms with Gasteiger partial charge in [0.1, 0.15) is 13.1 Å². The van der Waals surface area contributed by atoms with E-state index in [0.717, 1.165) is 0 Å². The molecule has 0 aromatic carbocycles. The number of carbonyl (C=O) groups is 4. The highest BCUT2D eigenvalue weighted by molar-refractivity contribution is 8.76. The Morgan fingerprint density at radius 3 is 1.45 bits per heavy atom. The van der Waals surface area contributed by atoms with Crippen molar-refractivity contribution >= 4 is 45.3 Å². The summed E-state index contributed by atoms with van der Waals surface area (Å²) in [5, 5.41) is 4.86. The summed E-state index contributed by atoms with van der Waals surface area (Å²) in [6, 6.07) is 0. The number of nitrogens with one attached hydrogen (secondary N) is 2. The molecule has 8 nitrogen and oxygen atoms in total. The van der Waals surface area contributed by atoms with Crippen molar-refractivity contribution in [2.24, 2.45) is 0 Å². The van der Waals surface area contributed by atoms with Crippen LogP contribution in [0.25, 0.3) is 0 Å². The van der Waals surface area contributed by atoms with Crippen molar-refractivity contribution in [2.75, 3.05) is 38.8 Å². The second kappa shape index (κ2) is 13.3. The van der Waals surface area contributed by atoms with Gasteiger partial charge >= 0.3 is 11.9 Å². The topological polar surface area (TPSA) is 111 Å². The summed E-state index contributed by atoms with van der Waals surface area (Å²) in [5.74, 6) is -0.298. The molecule has 2 N–H and O–H groups in total. The van der Waals surface area contributed by atoms with Crippen LogP contribution in [0.2, 0.25) is 0 Å². The Morgan fingerprint density at radius 1 is 0.773 bits per heavy atom. The fourth-order valence-electron chi connectivity index (χ4n) is 1.05. The lowest BCUT2D eigenvalue weighted by Gasteiger charge is -2.04. The molecule has 0 rings (SSSR count). The standard InChI is InChI=1S/C12H20N2O6S2/c1-19-11(17)7-13-9(15)3-5-21-22-6-4-10(16)14-8-12(18)20-2/h3-8H2,1-2H3,(H,13,15)(H,14,16). The molecule has 0 spiro atoms. The first-order valence-electron chi connectivity index (χ1n) is 6.41. The maximum atomic E-state index is 11.3. The van der Waals surface area contributed by atoms with E-state index >= 15 is 0 Å². The Labute approximate surface area is 136 Å². The molecular formula is C12H20N2O6S2. The molecule has 0 fully saturated rings. The molecule has 0 saturated heterocycles. The maximum absolute atomic E-state index is 11.3. The van der Waals surface area contributed by atoms with Crippen molar-refractivity contribution in [1.29, 1.82) is 0 Å². The van der Waals surface area contributed by atoms with E-state index in [4.69, 9.17) is 0 Å². The predicted octanol–water partition coefficient (Wildman–Crippen LogP) is -0.274. The Hall–Kier alpha value is -1.42. The summed E-state index contributed by atoms with van der Waals surface area (Å²) in [7, 11) is 5.43. The highest BCUT2D eigenvalue weighted by Crippen LogP contribution is 2.22. The molecule has 0 unspecified atom stereocenters. The van der Waals surface area contributed by atoms with Gasteiger partial charge in [-0.15, -0.1) is 0 Å². The first kappa shape index (κ1) is 20.6. The summed E-state index contributed by atoms with van der Waals surface area (Å²) in [5.41, 5.74) is 0. The normalized spacial score (nSPS) is 9.73. The average Bonchev–Trinajstić information content (AvgIpc) is 2.53. The van der Waals surface area contributed by atoms with Crippen molar-refractivity contribution in [3.05, 3.63) is 0 Å². The van der Waals surface area contributed by atoms with Crippen LogP contribution in [0, 0.1) is 0 Å². The monoisotopic (exact) mass is 352 g/mol. The molecule has 126 valence electrons. The number of carbonyl (C=O) groups excluding carboxylic acids is 4. The van der Waals surface area contributed by atoms with Crippen LogP contribution in [0.4, 0.5) is 0 Å². The fourth-order valence-corrected chi connectivity index (χ4v) is 3.03. The van der Waals surface area contributed by atoms with Gasteiger partial charge < -0.3 is 20.1 Å². The molecule has 22 heavy (non-hydrogen) atoms. The molecule has 0 bridgehead atoms. The second-order valence-electron chi connectivity index (χ2n) is 3.85. The third-order valence-corrected chi connectivity index (χ3v) is 4.63. The number of methoxy groups -OCH3 is 2. The molecule has 10 heteroatoms. The smallest absolute Gasteiger partial charge is 0.325 e. The number of hydrogen-bond acceptors (Lipinski definition) is 8. The van der Waals surface area contributed by atoms with Crippen LogP contribution in [-0.4, -0.2) is 62.6 Å². The largest absolute Gasteiger partial charge is 0.468 e. The van der Waals surface area contributed by atoms with E-state index in [-0.39, 0.29) is 37.7 Å². The minimum absolute atomic E-state index is 0.131. The van der Waals surface area contributed by atoms with Gasteiger partial charge in [-0.2, -0.15) is 0 Å². The first-order chi connectivity index (χ1) is 10.5. The molecule has 0 aliphatic heterocycles. The quantitative estimate of drug-likeness (QED) is 0.297. The van der Waals surface area contributed by atoms with E-state index in [0.29, 0.717) is 11.5 Å². The van der Waals surface area contributed by atoms with Gasteiger partial charge in [-0.05, 0) is 0 Å². The van der Waals surface area contributed by atoms with Crippen LogP contribution in [0.5, 0.6) is 0 Å². The molecule has 2 amide bonds. The molecule has 0 aliphatic rings. The van der Waals surface area contributed by atoms with E-state index in [9.17, 15) is 19.2 Å². The average molecular weight is 352 g/mol. The zero-order valence-corrected chi connectivity index (χ0v) is 14.1. The Morgan fingerprint density at radius 2 is 1.14 bits per heavy atom. The molecule has 0 saturated carbocycles. The number of rotatable bonds is 11. The second-order valence-corrected chi connectivity index (χ2v) is 6.55. The molecule has 0 radical (unpaired) electrons. The Kier molecular flexibility index (Phi) is 12.4. The lowest BCUT2D eigenvalue weighted by atomic mass is 10.4. The minimum atomic E-state index is -0.492. The lowest BCUT2D eigenvalue weighted by Crippen LogP contribution is -2.30. The summed E-state index contributed by atoms with van der Waals surface area (Å²) >= 11 is 0. The van der Waals surface area contributed by atoms with Gasteiger partial charge in [0.15, 0.2) is 0 Å². The van der Waals surface area contributed by atoms with Crippen molar-refractivity contribution in [1.82, 2.24) is 10.6 Å². The van der Waals surface area contributed by atoms with Crippen LogP contribution in [0.3, 0.4) is 0 Å². The third kappa shape index (κ3) is 12.3. The number of hydrogen-bond donors (Lipinski definition) is 2. The SMILES string of the molecule is COC(=O)CNC(=O)CCSSCCC(=O)NCC(=O)OC. The number of ether oxygens (including phenoxy) is 2. The van der Waals surface area contributed by atoms with Crippen LogP contribution in [0.1, 0.15) is 12.8 Å². The van der Waals surface area contributed by atoms with Gasteiger partial charge in [0, 0.05) is 24.3 Å². The van der Waals surface area contributed by atoms with Gasteiger partial charge in [-0.3, -0.25) is 19.2 Å². The summed E-state index contributed by atoms with van der Waals surface area (Å²) in [6.45, 7) is -0.263. The highest BCUT2D eigenvalue weighted by atomic mass is 33.1. The summed E-state index contributed by atoms with van der Waals surface area (Å²) < 4.78 is 8.79. The molecule has 0 atom stereocenters. The van der Waals surface area contributed by atoms with Gasteiger partial charge in [-0.1, -0.05) is 21.6 Å². The molecule has 0 aromatic rings. The van der Waals surface area contributed by atoms with Crippen LogP contribution < -0.4 is 10.6 Å². The Balaban J connectivity index is 3.46. The van der Waals surface area contributed by atoms with Crippen LogP contribution in [0.15, 0.2) is 0 Å². The fraction of sp³-hybridized carbons (Fsp3) is 0.667. The number of esters is 2. The van der Waals surface area contributed by atoms with Crippen molar-refractivity contribution < 1.29 is 28.7 Å². The summed E-state index contributed by atoms with van der Waals surface area (Å²) in [6.07, 6.45) is 0.562. The van der Waals surface area contributed by atoms with Gasteiger partial charge in [0.05, 0.1) is 14.2 Å². The maximum Gasteiger partial charge on any atom is 0.325 e. The van der Waals surface area contributed by atoms with Crippen molar-refractivity contribution in [2.45, 2.75) is 12.8 Å². The third-order valence-electron chi connectivity index (χ3n) is 2.22. The van der Waals surface area contributed by atoms with E-state index in [1.54, 1.807) is 0 Å². The van der Waals surface area contributed by atoms with Crippen molar-refractivity contribution in [3.8, 4) is 0 Å². The molecule has 0 heterocycles. The minimum Gasteiger partial charge on any atom is -0.468 e. The van der Waals surface area contributed by atoms with Gasteiger partial charge in [0.25, 0.3) is 0 Å². The predicted molar refractivity (Wildman–Crippen MR) is 84.2 cm³/mol. The van der Waals surface area contributed by atoms with Crippen LogP contribution in [-0.2, 0) is 28.7 Å². The van der Waals surface area contributed by atoms with Gasteiger partial charge in [-0.25, -0.2) is 0 Å². The zero-order chi connectivity index (χ0) is 16.8. The van der Waals surface area contributed by atoms with E-state index in [1.807, 2.05) is 0 Å². The summed E-state index contributed by atoms with van der Waals surface area (Å²) in [4.78, 5) is 44.3. The van der Waals surface area contributed by atoms with E-state index in [1.165, 1.54) is 35.8 Å². The molecule has 0 aliphatic carbocycles. The molecule has 0 aromatic heterocycles. The number of amides is 2. The zero-order valence-electron chi connectivity index (χ0n) is 12.5. The lowest BCUT2D eigenvalue weighted by molar-refractivity contribution is -0.141. The first-order valence-corrected chi connectivity index (χ1v) is 8.89. The van der Waals surface area contributed by atoms with Gasteiger partial charge in [0.2, 0.25) is 11.8 Å². The van der Waals surface area contributed by atoms with Crippen molar-refractivity contribution in [3.63, 3.8) is 0 Å². The van der Waals surface area contributed by atoms with E-state index < -0.39 is 11.9 Å².